The van der Waals surface area contributed by atoms with Crippen molar-refractivity contribution in [3.05, 3.63) is 46.3 Å². The van der Waals surface area contributed by atoms with Crippen LogP contribution in [0.1, 0.15) is 10.4 Å². The monoisotopic (exact) mass is 514 g/mol. The molecule has 0 amide bonds. The van der Waals surface area contributed by atoms with Gasteiger partial charge in [0.05, 0.1) is 0 Å². The van der Waals surface area contributed by atoms with Gasteiger partial charge in [0.1, 0.15) is 5.82 Å². The third-order valence-corrected chi connectivity index (χ3v) is 5.87. The summed E-state index contributed by atoms with van der Waals surface area (Å²) in [6.45, 7) is 5.95. The first-order valence-electron chi connectivity index (χ1n) is 9.48. The van der Waals surface area contributed by atoms with Gasteiger partial charge >= 0.3 is 0 Å². The Bertz CT molecular complexity index is 728. The molecule has 0 atom stereocenters. The van der Waals surface area contributed by atoms with Gasteiger partial charge in [-0.15, -0.1) is 35.3 Å². The van der Waals surface area contributed by atoms with Gasteiger partial charge in [0.15, 0.2) is 5.96 Å². The minimum Gasteiger partial charge on any atom is -0.354 e. The van der Waals surface area contributed by atoms with Gasteiger partial charge in [0.2, 0.25) is 0 Å². The van der Waals surface area contributed by atoms with Crippen LogP contribution in [0.25, 0.3) is 0 Å². The third-order valence-electron chi connectivity index (χ3n) is 4.93. The summed E-state index contributed by atoms with van der Waals surface area (Å²) in [5, 5.41) is 5.61. The predicted octanol–water partition coefficient (Wildman–Crippen LogP) is 2.76. The van der Waals surface area contributed by atoms with Crippen molar-refractivity contribution in [2.24, 2.45) is 4.99 Å². The quantitative estimate of drug-likeness (QED) is 0.365. The van der Waals surface area contributed by atoms with Crippen molar-refractivity contribution in [1.29, 1.82) is 0 Å². The van der Waals surface area contributed by atoms with Gasteiger partial charge < -0.3 is 20.0 Å². The summed E-state index contributed by atoms with van der Waals surface area (Å²) < 4.78 is 0. The van der Waals surface area contributed by atoms with Crippen molar-refractivity contribution in [2.45, 2.75) is 13.0 Å². The molecule has 154 valence electrons. The van der Waals surface area contributed by atoms with Gasteiger partial charge in [0.25, 0.3) is 0 Å². The fraction of sp³-hybridized carbons (Fsp3) is 0.500. The van der Waals surface area contributed by atoms with Gasteiger partial charge in [0, 0.05) is 64.4 Å². The van der Waals surface area contributed by atoms with Crippen LogP contribution >= 0.6 is 35.3 Å². The predicted molar refractivity (Wildman–Crippen MR) is 130 cm³/mol. The van der Waals surface area contributed by atoms with E-state index >= 15 is 0 Å². The maximum Gasteiger partial charge on any atom is 0.193 e. The molecule has 1 saturated heterocycles. The SMILES string of the molecule is CN=C(NCc1ccnc(N2CCN(C)CC2)c1)N(C)CCc1cccs1.I. The molecular formula is C20H31IN6S. The first-order valence-corrected chi connectivity index (χ1v) is 10.4. The molecule has 1 aliphatic rings. The summed E-state index contributed by atoms with van der Waals surface area (Å²) >= 11 is 1.81. The zero-order valence-corrected chi connectivity index (χ0v) is 20.1. The van der Waals surface area contributed by atoms with Crippen molar-refractivity contribution in [1.82, 2.24) is 20.1 Å². The van der Waals surface area contributed by atoms with E-state index in [2.05, 4.69) is 73.7 Å². The molecule has 0 radical (unpaired) electrons. The largest absolute Gasteiger partial charge is 0.354 e. The van der Waals surface area contributed by atoms with Crippen LogP contribution < -0.4 is 10.2 Å². The molecule has 0 aliphatic carbocycles. The standard InChI is InChI=1S/C20H30N6S.HI/c1-21-20(25(3)9-7-18-5-4-14-27-18)23-16-17-6-8-22-19(15-17)26-12-10-24(2)11-13-26;/h4-6,8,14-15H,7,9-13,16H2,1-3H3,(H,21,23);1H. The summed E-state index contributed by atoms with van der Waals surface area (Å²) in [5.74, 6) is 1.99. The Hall–Kier alpha value is -1.39. The Morgan fingerprint density at radius 2 is 2.07 bits per heavy atom. The molecule has 0 spiro atoms. The van der Waals surface area contributed by atoms with Gasteiger partial charge in [-0.1, -0.05) is 6.07 Å². The highest BCUT2D eigenvalue weighted by Crippen LogP contribution is 2.15. The number of anilines is 1. The van der Waals surface area contributed by atoms with E-state index in [1.54, 1.807) is 0 Å². The summed E-state index contributed by atoms with van der Waals surface area (Å²) in [6.07, 6.45) is 2.95. The van der Waals surface area contributed by atoms with Crippen LogP contribution in [0.15, 0.2) is 40.8 Å². The number of halogens is 1. The Morgan fingerprint density at radius 3 is 2.75 bits per heavy atom. The number of hydrogen-bond donors (Lipinski definition) is 1. The van der Waals surface area contributed by atoms with Gasteiger partial charge in [-0.3, -0.25) is 4.99 Å². The molecule has 0 aromatic carbocycles. The fourth-order valence-electron chi connectivity index (χ4n) is 3.18. The molecule has 1 N–H and O–H groups in total. The molecule has 1 aliphatic heterocycles. The van der Waals surface area contributed by atoms with Crippen LogP contribution in [-0.4, -0.2) is 74.6 Å². The lowest BCUT2D eigenvalue weighted by Gasteiger charge is -2.33. The van der Waals surface area contributed by atoms with Crippen molar-refractivity contribution >= 4 is 47.1 Å². The molecular weight excluding hydrogens is 483 g/mol. The van der Waals surface area contributed by atoms with Crippen LogP contribution in [-0.2, 0) is 13.0 Å². The van der Waals surface area contributed by atoms with E-state index in [4.69, 9.17) is 0 Å². The highest BCUT2D eigenvalue weighted by Gasteiger charge is 2.15. The normalized spacial score (nSPS) is 15.2. The van der Waals surface area contributed by atoms with E-state index in [1.807, 2.05) is 24.6 Å². The fourth-order valence-corrected chi connectivity index (χ4v) is 3.88. The first kappa shape index (κ1) is 22.9. The molecule has 3 rings (SSSR count). The number of nitrogens with one attached hydrogen (secondary N) is 1. The first-order chi connectivity index (χ1) is 13.2. The van der Waals surface area contributed by atoms with E-state index in [-0.39, 0.29) is 24.0 Å². The maximum atomic E-state index is 4.57. The summed E-state index contributed by atoms with van der Waals surface area (Å²) in [7, 11) is 6.10. The van der Waals surface area contributed by atoms with E-state index in [0.29, 0.717) is 0 Å². The smallest absolute Gasteiger partial charge is 0.193 e. The summed E-state index contributed by atoms with van der Waals surface area (Å²) in [6, 6.07) is 8.56. The molecule has 0 saturated carbocycles. The minimum absolute atomic E-state index is 0. The number of aromatic nitrogens is 1. The highest BCUT2D eigenvalue weighted by molar-refractivity contribution is 14.0. The number of hydrogen-bond acceptors (Lipinski definition) is 5. The number of guanidine groups is 1. The maximum absolute atomic E-state index is 4.57. The number of thiophene rings is 1. The van der Waals surface area contributed by atoms with Crippen LogP contribution in [0, 0.1) is 0 Å². The summed E-state index contributed by atoms with van der Waals surface area (Å²) in [4.78, 5) is 17.3. The van der Waals surface area contributed by atoms with Crippen molar-refractivity contribution in [3.63, 3.8) is 0 Å². The summed E-state index contributed by atoms with van der Waals surface area (Å²) in [5.41, 5.74) is 1.23. The van der Waals surface area contributed by atoms with Crippen LogP contribution in [0.3, 0.4) is 0 Å². The zero-order chi connectivity index (χ0) is 19.1. The molecule has 28 heavy (non-hydrogen) atoms. The second-order valence-corrected chi connectivity index (χ2v) is 8.00. The number of pyridine rings is 1. The second kappa shape index (κ2) is 11.6. The average Bonchev–Trinajstić information content (AvgIpc) is 3.21. The molecule has 2 aromatic rings. The molecule has 2 aromatic heterocycles. The topological polar surface area (TPSA) is 47.0 Å². The van der Waals surface area contributed by atoms with E-state index < -0.39 is 0 Å². The van der Waals surface area contributed by atoms with Gasteiger partial charge in [-0.05, 0) is 42.6 Å². The number of nitrogens with zero attached hydrogens (tertiary/aromatic N) is 5. The Kier molecular flexibility index (Phi) is 9.46. The molecule has 0 unspecified atom stereocenters. The lowest BCUT2D eigenvalue weighted by molar-refractivity contribution is 0.312. The van der Waals surface area contributed by atoms with Crippen molar-refractivity contribution < 1.29 is 0 Å². The van der Waals surface area contributed by atoms with E-state index in [1.165, 1.54) is 10.4 Å². The van der Waals surface area contributed by atoms with Gasteiger partial charge in [-0.25, -0.2) is 4.98 Å². The van der Waals surface area contributed by atoms with Crippen LogP contribution in [0.5, 0.6) is 0 Å². The van der Waals surface area contributed by atoms with Crippen LogP contribution in [0.4, 0.5) is 5.82 Å². The third kappa shape index (κ3) is 6.59. The Morgan fingerprint density at radius 1 is 1.29 bits per heavy atom. The van der Waals surface area contributed by atoms with Gasteiger partial charge in [-0.2, -0.15) is 0 Å². The lowest BCUT2D eigenvalue weighted by Crippen LogP contribution is -2.44. The molecule has 1 fully saturated rings. The Balaban J connectivity index is 0.00000280. The molecule has 6 nitrogen and oxygen atoms in total. The highest BCUT2D eigenvalue weighted by atomic mass is 127. The van der Waals surface area contributed by atoms with Crippen molar-refractivity contribution in [3.8, 4) is 0 Å². The second-order valence-electron chi connectivity index (χ2n) is 6.96. The zero-order valence-electron chi connectivity index (χ0n) is 17.0. The minimum atomic E-state index is 0. The number of rotatable bonds is 6. The molecule has 0 bridgehead atoms. The average molecular weight is 514 g/mol. The molecule has 8 heteroatoms. The Labute approximate surface area is 189 Å². The van der Waals surface area contributed by atoms with E-state index in [0.717, 1.165) is 57.5 Å². The van der Waals surface area contributed by atoms with Crippen LogP contribution in [0.2, 0.25) is 0 Å². The molecule has 3 heterocycles. The van der Waals surface area contributed by atoms with E-state index in [9.17, 15) is 0 Å². The lowest BCUT2D eigenvalue weighted by atomic mass is 10.2. The van der Waals surface area contributed by atoms with Crippen molar-refractivity contribution in [2.75, 3.05) is 58.8 Å². The number of aliphatic imine (C=N–C) groups is 1. The number of likely N-dealkylation sites (N-methyl/N-ethyl adjacent to an activating group) is 2. The number of piperazine rings is 1.